The van der Waals surface area contributed by atoms with Crippen LogP contribution in [0.2, 0.25) is 10.0 Å². The molecule has 138 valence electrons. The zero-order chi connectivity index (χ0) is 19.1. The van der Waals surface area contributed by atoms with E-state index < -0.39 is 0 Å². The summed E-state index contributed by atoms with van der Waals surface area (Å²) < 4.78 is 0. The van der Waals surface area contributed by atoms with Gasteiger partial charge in [0.2, 0.25) is 11.8 Å². The van der Waals surface area contributed by atoms with Crippen molar-refractivity contribution in [2.24, 2.45) is 0 Å². The summed E-state index contributed by atoms with van der Waals surface area (Å²) in [4.78, 5) is 27.7. The third kappa shape index (κ3) is 6.33. The molecule has 2 aromatic rings. The molecule has 0 spiro atoms. The molecule has 0 saturated heterocycles. The fourth-order valence-corrected chi connectivity index (χ4v) is 2.68. The summed E-state index contributed by atoms with van der Waals surface area (Å²) in [7, 11) is 3.47. The van der Waals surface area contributed by atoms with Gasteiger partial charge in [0.05, 0.1) is 23.1 Å². The van der Waals surface area contributed by atoms with Gasteiger partial charge in [-0.3, -0.25) is 14.5 Å². The Morgan fingerprint density at radius 2 is 1.65 bits per heavy atom. The first-order valence-corrected chi connectivity index (χ1v) is 8.82. The van der Waals surface area contributed by atoms with Gasteiger partial charge < -0.3 is 10.2 Å². The number of anilines is 1. The molecule has 2 rings (SSSR count). The van der Waals surface area contributed by atoms with E-state index >= 15 is 0 Å². The van der Waals surface area contributed by atoms with Crippen molar-refractivity contribution in [3.05, 3.63) is 64.1 Å². The van der Waals surface area contributed by atoms with E-state index in [1.807, 2.05) is 42.3 Å². The summed E-state index contributed by atoms with van der Waals surface area (Å²) in [5, 5.41) is 3.47. The molecule has 0 atom stereocenters. The van der Waals surface area contributed by atoms with Crippen LogP contribution < -0.4 is 5.32 Å². The molecule has 0 aromatic heterocycles. The van der Waals surface area contributed by atoms with Crippen molar-refractivity contribution in [1.29, 1.82) is 0 Å². The largest absolute Gasteiger partial charge is 0.335 e. The van der Waals surface area contributed by atoms with Crippen LogP contribution >= 0.6 is 23.2 Å². The third-order valence-corrected chi connectivity index (χ3v) is 4.45. The Morgan fingerprint density at radius 1 is 0.962 bits per heavy atom. The Hall–Kier alpha value is -2.08. The summed E-state index contributed by atoms with van der Waals surface area (Å²) in [6.45, 7) is 0.847. The van der Waals surface area contributed by atoms with Gasteiger partial charge in [0.15, 0.2) is 0 Å². The number of likely N-dealkylation sites (N-methyl/N-ethyl adjacent to an activating group) is 2. The highest BCUT2D eigenvalue weighted by Gasteiger charge is 2.15. The van der Waals surface area contributed by atoms with Gasteiger partial charge in [0.25, 0.3) is 0 Å². The minimum Gasteiger partial charge on any atom is -0.335 e. The van der Waals surface area contributed by atoms with E-state index in [2.05, 4.69) is 5.32 Å². The fourth-order valence-electron chi connectivity index (χ4n) is 2.38. The van der Waals surface area contributed by atoms with Crippen molar-refractivity contribution in [3.8, 4) is 0 Å². The predicted octanol–water partition coefficient (Wildman–Crippen LogP) is 3.52. The number of benzene rings is 2. The zero-order valence-electron chi connectivity index (χ0n) is 14.7. The van der Waals surface area contributed by atoms with Gasteiger partial charge in [-0.05, 0) is 30.8 Å². The number of nitrogens with one attached hydrogen (secondary N) is 1. The lowest BCUT2D eigenvalue weighted by molar-refractivity contribution is -0.134. The average molecular weight is 394 g/mol. The number of amides is 2. The Labute approximate surface area is 163 Å². The first-order chi connectivity index (χ1) is 12.3. The summed E-state index contributed by atoms with van der Waals surface area (Å²) in [6, 6.07) is 14.7. The van der Waals surface area contributed by atoms with Crippen LogP contribution in [0.5, 0.6) is 0 Å². The Balaban J connectivity index is 1.81. The van der Waals surface area contributed by atoms with E-state index in [1.54, 1.807) is 25.2 Å². The number of rotatable bonds is 7. The number of carbonyl (C=O) groups is 2. The maximum absolute atomic E-state index is 12.3. The molecule has 0 unspecified atom stereocenters. The first-order valence-electron chi connectivity index (χ1n) is 8.06. The van der Waals surface area contributed by atoms with Crippen molar-refractivity contribution in [1.82, 2.24) is 9.80 Å². The van der Waals surface area contributed by atoms with E-state index in [9.17, 15) is 9.59 Å². The van der Waals surface area contributed by atoms with E-state index in [1.165, 1.54) is 4.90 Å². The van der Waals surface area contributed by atoms with Gasteiger partial charge in [-0.2, -0.15) is 0 Å². The Bertz CT molecular complexity index is 769. The molecule has 0 aliphatic heterocycles. The molecule has 0 radical (unpaired) electrons. The molecule has 0 bridgehead atoms. The van der Waals surface area contributed by atoms with Crippen LogP contribution in [0, 0.1) is 0 Å². The van der Waals surface area contributed by atoms with Crippen LogP contribution in [0.25, 0.3) is 0 Å². The zero-order valence-corrected chi connectivity index (χ0v) is 16.2. The quantitative estimate of drug-likeness (QED) is 0.782. The van der Waals surface area contributed by atoms with Gasteiger partial charge in [-0.15, -0.1) is 0 Å². The van der Waals surface area contributed by atoms with Crippen molar-refractivity contribution >= 4 is 40.7 Å². The average Bonchev–Trinajstić information content (AvgIpc) is 2.58. The SMILES string of the molecule is CN(CC(=O)N(C)CC(=O)Nc1ccc(Cl)c(Cl)c1)Cc1ccccc1. The minimum absolute atomic E-state index is 0.0434. The van der Waals surface area contributed by atoms with E-state index in [0.717, 1.165) is 5.56 Å². The Morgan fingerprint density at radius 3 is 2.31 bits per heavy atom. The fraction of sp³-hybridized carbons (Fsp3) is 0.263. The summed E-state index contributed by atoms with van der Waals surface area (Å²) >= 11 is 11.8. The summed E-state index contributed by atoms with van der Waals surface area (Å²) in [6.07, 6.45) is 0. The van der Waals surface area contributed by atoms with Crippen LogP contribution in [0.3, 0.4) is 0 Å². The first kappa shape index (κ1) is 20.2. The van der Waals surface area contributed by atoms with Crippen molar-refractivity contribution < 1.29 is 9.59 Å². The monoisotopic (exact) mass is 393 g/mol. The number of carbonyl (C=O) groups excluding carboxylic acids is 2. The van der Waals surface area contributed by atoms with Crippen molar-refractivity contribution in [3.63, 3.8) is 0 Å². The highest BCUT2D eigenvalue weighted by molar-refractivity contribution is 6.42. The second kappa shape index (κ2) is 9.57. The number of hydrogen-bond acceptors (Lipinski definition) is 3. The van der Waals surface area contributed by atoms with Crippen LogP contribution in [-0.4, -0.2) is 48.8 Å². The van der Waals surface area contributed by atoms with Crippen LogP contribution in [0.15, 0.2) is 48.5 Å². The molecule has 0 aliphatic rings. The van der Waals surface area contributed by atoms with Gasteiger partial charge in [0, 0.05) is 19.3 Å². The topological polar surface area (TPSA) is 52.7 Å². The van der Waals surface area contributed by atoms with E-state index in [4.69, 9.17) is 23.2 Å². The highest BCUT2D eigenvalue weighted by Crippen LogP contribution is 2.24. The molecule has 1 N–H and O–H groups in total. The number of nitrogens with zero attached hydrogens (tertiary/aromatic N) is 2. The molecular weight excluding hydrogens is 373 g/mol. The summed E-state index contributed by atoms with van der Waals surface area (Å²) in [5.41, 5.74) is 1.66. The van der Waals surface area contributed by atoms with Crippen molar-refractivity contribution in [2.75, 3.05) is 32.5 Å². The lowest BCUT2D eigenvalue weighted by atomic mass is 10.2. The molecule has 2 amide bonds. The maximum Gasteiger partial charge on any atom is 0.243 e. The molecule has 0 aliphatic carbocycles. The smallest absolute Gasteiger partial charge is 0.243 e. The van der Waals surface area contributed by atoms with E-state index in [0.29, 0.717) is 22.3 Å². The van der Waals surface area contributed by atoms with E-state index in [-0.39, 0.29) is 24.9 Å². The molecule has 7 heteroatoms. The highest BCUT2D eigenvalue weighted by atomic mass is 35.5. The molecule has 0 saturated carbocycles. The second-order valence-electron chi connectivity index (χ2n) is 6.08. The Kier molecular flexibility index (Phi) is 7.45. The molecule has 0 heterocycles. The lowest BCUT2D eigenvalue weighted by Crippen LogP contribution is -2.40. The standard InChI is InChI=1S/C19H21Cl2N3O2/c1-23(11-14-6-4-3-5-7-14)13-19(26)24(2)12-18(25)22-15-8-9-16(20)17(21)10-15/h3-10H,11-13H2,1-2H3,(H,22,25). The normalized spacial score (nSPS) is 10.7. The molecule has 26 heavy (non-hydrogen) atoms. The number of hydrogen-bond donors (Lipinski definition) is 1. The van der Waals surface area contributed by atoms with Crippen LogP contribution in [0.1, 0.15) is 5.56 Å². The molecule has 0 fully saturated rings. The van der Waals surface area contributed by atoms with Crippen LogP contribution in [-0.2, 0) is 16.1 Å². The second-order valence-corrected chi connectivity index (χ2v) is 6.90. The van der Waals surface area contributed by atoms with Crippen molar-refractivity contribution in [2.45, 2.75) is 6.54 Å². The van der Waals surface area contributed by atoms with Crippen LogP contribution in [0.4, 0.5) is 5.69 Å². The van der Waals surface area contributed by atoms with Gasteiger partial charge in [-0.1, -0.05) is 53.5 Å². The minimum atomic E-state index is -0.301. The van der Waals surface area contributed by atoms with Gasteiger partial charge in [0.1, 0.15) is 0 Å². The van der Waals surface area contributed by atoms with Gasteiger partial charge in [-0.25, -0.2) is 0 Å². The summed E-state index contributed by atoms with van der Waals surface area (Å²) in [5.74, 6) is -0.433. The number of halogens is 2. The van der Waals surface area contributed by atoms with Gasteiger partial charge >= 0.3 is 0 Å². The molecule has 2 aromatic carbocycles. The third-order valence-electron chi connectivity index (χ3n) is 3.71. The maximum atomic E-state index is 12.3. The lowest BCUT2D eigenvalue weighted by Gasteiger charge is -2.21. The predicted molar refractivity (Wildman–Crippen MR) is 106 cm³/mol. The molecular formula is C19H21Cl2N3O2. The molecule has 5 nitrogen and oxygen atoms in total.